The number of para-hydroxylation sites is 1. The highest BCUT2D eigenvalue weighted by Gasteiger charge is 2.13. The molecule has 20 heavy (non-hydrogen) atoms. The molecule has 1 heterocycles. The minimum atomic E-state index is 0.112. The van der Waals surface area contributed by atoms with Gasteiger partial charge in [0.25, 0.3) is 5.89 Å². The summed E-state index contributed by atoms with van der Waals surface area (Å²) in [6.07, 6.45) is 0.483. The summed E-state index contributed by atoms with van der Waals surface area (Å²) in [5.41, 5.74) is 1.45. The van der Waals surface area contributed by atoms with Gasteiger partial charge in [0.15, 0.2) is 5.82 Å². The van der Waals surface area contributed by atoms with Gasteiger partial charge in [0.1, 0.15) is 5.75 Å². The van der Waals surface area contributed by atoms with Crippen LogP contribution in [-0.4, -0.2) is 15.2 Å². The van der Waals surface area contributed by atoms with Gasteiger partial charge < -0.3 is 9.63 Å². The van der Waals surface area contributed by atoms with Gasteiger partial charge in [-0.3, -0.25) is 0 Å². The standard InChI is InChI=1S/C15H11ClN2O2/c16-12-7-3-1-5-10(12)9-14-17-15(20-18-14)11-6-2-4-8-13(11)19/h1-8,19H,9H2. The summed E-state index contributed by atoms with van der Waals surface area (Å²) in [5.74, 6) is 0.932. The molecular formula is C15H11ClN2O2. The smallest absolute Gasteiger partial charge is 0.261 e. The second-order valence-electron chi connectivity index (χ2n) is 4.30. The number of halogens is 1. The zero-order valence-electron chi connectivity index (χ0n) is 10.5. The predicted molar refractivity (Wildman–Crippen MR) is 75.7 cm³/mol. The molecule has 0 radical (unpaired) electrons. The van der Waals surface area contributed by atoms with E-state index in [0.717, 1.165) is 5.56 Å². The Balaban J connectivity index is 1.88. The number of hydrogen-bond acceptors (Lipinski definition) is 4. The van der Waals surface area contributed by atoms with E-state index < -0.39 is 0 Å². The molecular weight excluding hydrogens is 276 g/mol. The van der Waals surface area contributed by atoms with E-state index in [0.29, 0.717) is 28.7 Å². The van der Waals surface area contributed by atoms with Crippen LogP contribution < -0.4 is 0 Å². The Morgan fingerprint density at radius 2 is 1.80 bits per heavy atom. The van der Waals surface area contributed by atoms with Crippen LogP contribution in [-0.2, 0) is 6.42 Å². The van der Waals surface area contributed by atoms with E-state index in [1.54, 1.807) is 24.3 Å². The monoisotopic (exact) mass is 286 g/mol. The highest BCUT2D eigenvalue weighted by Crippen LogP contribution is 2.27. The molecule has 1 aromatic heterocycles. The highest BCUT2D eigenvalue weighted by molar-refractivity contribution is 6.31. The fourth-order valence-corrected chi connectivity index (χ4v) is 2.10. The predicted octanol–water partition coefficient (Wildman–Crippen LogP) is 3.69. The Bertz CT molecular complexity index is 740. The lowest BCUT2D eigenvalue weighted by molar-refractivity contribution is 0.418. The SMILES string of the molecule is Oc1ccccc1-c1nc(Cc2ccccc2Cl)no1. The second-order valence-corrected chi connectivity index (χ2v) is 4.71. The first-order chi connectivity index (χ1) is 9.74. The molecule has 0 spiro atoms. The van der Waals surface area contributed by atoms with Crippen molar-refractivity contribution in [3.05, 3.63) is 64.9 Å². The van der Waals surface area contributed by atoms with E-state index >= 15 is 0 Å². The quantitative estimate of drug-likeness (QED) is 0.798. The zero-order chi connectivity index (χ0) is 13.9. The molecule has 0 aliphatic heterocycles. The Morgan fingerprint density at radius 1 is 1.05 bits per heavy atom. The summed E-state index contributed by atoms with van der Waals surface area (Å²) in [7, 11) is 0. The van der Waals surface area contributed by atoms with Gasteiger partial charge in [0.05, 0.1) is 5.56 Å². The van der Waals surface area contributed by atoms with Gasteiger partial charge in [0.2, 0.25) is 0 Å². The number of rotatable bonds is 3. The first kappa shape index (κ1) is 12.7. The first-order valence-electron chi connectivity index (χ1n) is 6.08. The summed E-state index contributed by atoms with van der Waals surface area (Å²) in [4.78, 5) is 4.28. The maximum Gasteiger partial charge on any atom is 0.261 e. The number of nitrogens with zero attached hydrogens (tertiary/aromatic N) is 2. The molecule has 0 saturated carbocycles. The topological polar surface area (TPSA) is 59.2 Å². The first-order valence-corrected chi connectivity index (χ1v) is 6.46. The molecule has 100 valence electrons. The molecule has 0 amide bonds. The number of hydrogen-bond donors (Lipinski definition) is 1. The van der Waals surface area contributed by atoms with E-state index in [2.05, 4.69) is 10.1 Å². The molecule has 0 fully saturated rings. The summed E-state index contributed by atoms with van der Waals surface area (Å²) >= 11 is 6.10. The molecule has 2 aromatic carbocycles. The van der Waals surface area contributed by atoms with Crippen LogP contribution in [0.3, 0.4) is 0 Å². The van der Waals surface area contributed by atoms with E-state index in [1.165, 1.54) is 0 Å². The maximum atomic E-state index is 9.76. The van der Waals surface area contributed by atoms with Crippen molar-refractivity contribution in [1.29, 1.82) is 0 Å². The van der Waals surface area contributed by atoms with Crippen LogP contribution in [0.2, 0.25) is 5.02 Å². The molecule has 0 bridgehead atoms. The fourth-order valence-electron chi connectivity index (χ4n) is 1.90. The molecule has 4 nitrogen and oxygen atoms in total. The van der Waals surface area contributed by atoms with Crippen LogP contribution in [0.15, 0.2) is 53.1 Å². The zero-order valence-corrected chi connectivity index (χ0v) is 11.2. The lowest BCUT2D eigenvalue weighted by atomic mass is 10.1. The lowest BCUT2D eigenvalue weighted by Crippen LogP contribution is -1.91. The molecule has 0 saturated heterocycles. The minimum Gasteiger partial charge on any atom is -0.507 e. The van der Waals surface area contributed by atoms with Gasteiger partial charge in [-0.15, -0.1) is 0 Å². The molecule has 3 rings (SSSR count). The van der Waals surface area contributed by atoms with Crippen LogP contribution in [0.1, 0.15) is 11.4 Å². The fraction of sp³-hybridized carbons (Fsp3) is 0.0667. The van der Waals surface area contributed by atoms with Crippen LogP contribution in [0.4, 0.5) is 0 Å². The summed E-state index contributed by atoms with van der Waals surface area (Å²) < 4.78 is 5.18. The number of aromatic nitrogens is 2. The molecule has 3 aromatic rings. The van der Waals surface area contributed by atoms with Gasteiger partial charge in [-0.05, 0) is 23.8 Å². The Hall–Kier alpha value is -2.33. The van der Waals surface area contributed by atoms with Crippen molar-refractivity contribution < 1.29 is 9.63 Å². The number of phenolic OH excluding ortho intramolecular Hbond substituents is 1. The summed E-state index contributed by atoms with van der Waals surface area (Å²) in [6.45, 7) is 0. The largest absolute Gasteiger partial charge is 0.507 e. The van der Waals surface area contributed by atoms with Gasteiger partial charge in [-0.25, -0.2) is 0 Å². The van der Waals surface area contributed by atoms with Crippen LogP contribution in [0, 0.1) is 0 Å². The van der Waals surface area contributed by atoms with Crippen molar-refractivity contribution in [3.8, 4) is 17.2 Å². The van der Waals surface area contributed by atoms with E-state index in [1.807, 2.05) is 24.3 Å². The van der Waals surface area contributed by atoms with Crippen molar-refractivity contribution >= 4 is 11.6 Å². The minimum absolute atomic E-state index is 0.112. The second kappa shape index (κ2) is 5.35. The van der Waals surface area contributed by atoms with Gasteiger partial charge in [0, 0.05) is 11.4 Å². The number of aromatic hydroxyl groups is 1. The molecule has 0 aliphatic carbocycles. The normalized spacial score (nSPS) is 10.7. The molecule has 1 N–H and O–H groups in total. The van der Waals surface area contributed by atoms with E-state index in [-0.39, 0.29) is 5.75 Å². The van der Waals surface area contributed by atoms with Gasteiger partial charge in [-0.1, -0.05) is 47.1 Å². The Labute approximate surface area is 120 Å². The van der Waals surface area contributed by atoms with Gasteiger partial charge in [-0.2, -0.15) is 4.98 Å². The molecule has 5 heteroatoms. The van der Waals surface area contributed by atoms with Gasteiger partial charge >= 0.3 is 0 Å². The highest BCUT2D eigenvalue weighted by atomic mass is 35.5. The maximum absolute atomic E-state index is 9.76. The third-order valence-electron chi connectivity index (χ3n) is 2.91. The summed E-state index contributed by atoms with van der Waals surface area (Å²) in [5, 5.41) is 14.3. The summed E-state index contributed by atoms with van der Waals surface area (Å²) in [6, 6.07) is 14.3. The Morgan fingerprint density at radius 3 is 2.60 bits per heavy atom. The molecule has 0 unspecified atom stereocenters. The third-order valence-corrected chi connectivity index (χ3v) is 3.28. The molecule has 0 atom stereocenters. The number of benzene rings is 2. The van der Waals surface area contributed by atoms with Crippen molar-refractivity contribution in [2.24, 2.45) is 0 Å². The lowest BCUT2D eigenvalue weighted by Gasteiger charge is -1.99. The Kier molecular flexibility index (Phi) is 3.39. The number of phenols is 1. The third kappa shape index (κ3) is 2.51. The van der Waals surface area contributed by atoms with Crippen molar-refractivity contribution in [3.63, 3.8) is 0 Å². The van der Waals surface area contributed by atoms with Crippen LogP contribution in [0.25, 0.3) is 11.5 Å². The average molecular weight is 287 g/mol. The molecule has 0 aliphatic rings. The van der Waals surface area contributed by atoms with Crippen molar-refractivity contribution in [2.75, 3.05) is 0 Å². The van der Waals surface area contributed by atoms with Crippen molar-refractivity contribution in [2.45, 2.75) is 6.42 Å². The average Bonchev–Trinajstić information content (AvgIpc) is 2.90. The van der Waals surface area contributed by atoms with Crippen LogP contribution in [0.5, 0.6) is 5.75 Å². The van der Waals surface area contributed by atoms with E-state index in [9.17, 15) is 5.11 Å². The van der Waals surface area contributed by atoms with Crippen LogP contribution >= 0.6 is 11.6 Å². The van der Waals surface area contributed by atoms with E-state index in [4.69, 9.17) is 16.1 Å². The van der Waals surface area contributed by atoms with Crippen molar-refractivity contribution in [1.82, 2.24) is 10.1 Å².